The number of hydrogen-bond acceptors (Lipinski definition) is 3. The van der Waals surface area contributed by atoms with Crippen molar-refractivity contribution in [3.8, 4) is 0 Å². The smallest absolute Gasteiger partial charge is 0.0589 e. The van der Waals surface area contributed by atoms with E-state index in [1.54, 1.807) is 7.11 Å². The van der Waals surface area contributed by atoms with Gasteiger partial charge in [0.15, 0.2) is 0 Å². The fourth-order valence-electron chi connectivity index (χ4n) is 3.88. The summed E-state index contributed by atoms with van der Waals surface area (Å²) in [6.45, 7) is 8.33. The average Bonchev–Trinajstić information content (AvgIpc) is 2.94. The Morgan fingerprint density at radius 1 is 0.957 bits per heavy atom. The lowest BCUT2D eigenvalue weighted by Crippen LogP contribution is -2.41. The Hall–Kier alpha value is -0.320. The van der Waals surface area contributed by atoms with Crippen molar-refractivity contribution in [2.75, 3.05) is 53.0 Å². The highest BCUT2D eigenvalue weighted by molar-refractivity contribution is 5.85. The van der Waals surface area contributed by atoms with Crippen LogP contribution in [0.1, 0.15) is 12.0 Å². The van der Waals surface area contributed by atoms with Gasteiger partial charge in [-0.2, -0.15) is 0 Å². The van der Waals surface area contributed by atoms with Gasteiger partial charge in [-0.1, -0.05) is 30.3 Å². The summed E-state index contributed by atoms with van der Waals surface area (Å²) in [6.07, 6.45) is 2.56. The van der Waals surface area contributed by atoms with Gasteiger partial charge in [-0.25, -0.2) is 0 Å². The summed E-state index contributed by atoms with van der Waals surface area (Å²) in [5.41, 5.74) is 1.47. The quantitative estimate of drug-likeness (QED) is 0.775. The molecule has 132 valence electrons. The normalized spacial score (nSPS) is 24.6. The maximum atomic E-state index is 5.21. The van der Waals surface area contributed by atoms with Crippen LogP contribution < -0.4 is 0 Å². The van der Waals surface area contributed by atoms with Gasteiger partial charge in [0.2, 0.25) is 0 Å². The molecule has 2 aliphatic heterocycles. The zero-order valence-corrected chi connectivity index (χ0v) is 15.7. The third kappa shape index (κ3) is 5.91. The molecule has 0 spiro atoms. The molecule has 2 fully saturated rings. The lowest BCUT2D eigenvalue weighted by molar-refractivity contribution is 0.102. The van der Waals surface area contributed by atoms with Gasteiger partial charge in [0.25, 0.3) is 0 Å². The summed E-state index contributed by atoms with van der Waals surface area (Å²) >= 11 is 0. The second-order valence-corrected chi connectivity index (χ2v) is 6.60. The van der Waals surface area contributed by atoms with E-state index in [2.05, 4.69) is 40.1 Å². The molecule has 1 aromatic carbocycles. The first-order valence-electron chi connectivity index (χ1n) is 8.32. The Kier molecular flexibility index (Phi) is 9.48. The van der Waals surface area contributed by atoms with Gasteiger partial charge in [-0.3, -0.25) is 0 Å². The summed E-state index contributed by atoms with van der Waals surface area (Å²) in [6, 6.07) is 10.9. The highest BCUT2D eigenvalue weighted by Gasteiger charge is 2.36. The molecule has 23 heavy (non-hydrogen) atoms. The van der Waals surface area contributed by atoms with Crippen molar-refractivity contribution in [1.82, 2.24) is 9.80 Å². The summed E-state index contributed by atoms with van der Waals surface area (Å²) in [4.78, 5) is 5.27. The van der Waals surface area contributed by atoms with Crippen molar-refractivity contribution in [1.29, 1.82) is 0 Å². The molecule has 0 amide bonds. The number of nitrogens with zero attached hydrogens (tertiary/aromatic N) is 2. The van der Waals surface area contributed by atoms with Crippen LogP contribution in [0.25, 0.3) is 0 Å². The summed E-state index contributed by atoms with van der Waals surface area (Å²) in [7, 11) is 1.80. The number of hydrogen-bond donors (Lipinski definition) is 0. The standard InChI is InChI=1S/C18H28N2O.2ClH/c1-21-12-11-19-10-8-17-13-20(15-18(17)14-19)9-7-16-5-3-2-4-6-16;;/h2-6,17-18H,7-15H2,1H3;2*1H/t17-,18+;;/m1../s1. The third-order valence-corrected chi connectivity index (χ3v) is 5.13. The van der Waals surface area contributed by atoms with E-state index in [4.69, 9.17) is 4.74 Å². The number of rotatable bonds is 6. The average molecular weight is 361 g/mol. The molecule has 0 saturated carbocycles. The first-order valence-corrected chi connectivity index (χ1v) is 8.32. The molecule has 2 aliphatic rings. The van der Waals surface area contributed by atoms with Gasteiger partial charge >= 0.3 is 0 Å². The van der Waals surface area contributed by atoms with E-state index in [-0.39, 0.29) is 24.8 Å². The first-order chi connectivity index (χ1) is 10.3. The monoisotopic (exact) mass is 360 g/mol. The zero-order valence-electron chi connectivity index (χ0n) is 14.0. The minimum atomic E-state index is 0. The lowest BCUT2D eigenvalue weighted by Gasteiger charge is -2.34. The minimum absolute atomic E-state index is 0. The van der Waals surface area contributed by atoms with E-state index in [0.29, 0.717) is 0 Å². The lowest BCUT2D eigenvalue weighted by atomic mass is 9.89. The van der Waals surface area contributed by atoms with Crippen LogP contribution in [-0.4, -0.2) is 62.8 Å². The second kappa shape index (κ2) is 10.5. The van der Waals surface area contributed by atoms with Gasteiger partial charge in [-0.05, 0) is 36.8 Å². The Bertz CT molecular complexity index is 432. The fraction of sp³-hybridized carbons (Fsp3) is 0.667. The van der Waals surface area contributed by atoms with E-state index in [0.717, 1.165) is 25.0 Å². The predicted octanol–water partition coefficient (Wildman–Crippen LogP) is 2.97. The van der Waals surface area contributed by atoms with Crippen molar-refractivity contribution in [3.05, 3.63) is 35.9 Å². The molecule has 0 unspecified atom stereocenters. The van der Waals surface area contributed by atoms with Gasteiger partial charge in [0.05, 0.1) is 6.61 Å². The predicted molar refractivity (Wildman–Crippen MR) is 101 cm³/mol. The number of piperidine rings is 1. The molecule has 0 radical (unpaired) electrons. The highest BCUT2D eigenvalue weighted by atomic mass is 35.5. The summed E-state index contributed by atoms with van der Waals surface area (Å²) < 4.78 is 5.21. The number of benzene rings is 1. The molecule has 0 aliphatic carbocycles. The van der Waals surface area contributed by atoms with Crippen LogP contribution >= 0.6 is 24.8 Å². The van der Waals surface area contributed by atoms with E-state index >= 15 is 0 Å². The van der Waals surface area contributed by atoms with Crippen LogP contribution in [0, 0.1) is 11.8 Å². The van der Waals surface area contributed by atoms with E-state index in [1.165, 1.54) is 51.1 Å². The molecular formula is C18H30Cl2N2O. The molecule has 0 bridgehead atoms. The van der Waals surface area contributed by atoms with Crippen LogP contribution in [0.2, 0.25) is 0 Å². The van der Waals surface area contributed by atoms with Crippen LogP contribution in [0.4, 0.5) is 0 Å². The zero-order chi connectivity index (χ0) is 14.5. The number of likely N-dealkylation sites (tertiary alicyclic amines) is 2. The van der Waals surface area contributed by atoms with Gasteiger partial charge in [0, 0.05) is 39.8 Å². The number of fused-ring (bicyclic) bond motifs is 1. The van der Waals surface area contributed by atoms with E-state index < -0.39 is 0 Å². The van der Waals surface area contributed by atoms with Gasteiger partial charge in [-0.15, -0.1) is 24.8 Å². The maximum Gasteiger partial charge on any atom is 0.0589 e. The van der Waals surface area contributed by atoms with Crippen molar-refractivity contribution in [2.24, 2.45) is 11.8 Å². The van der Waals surface area contributed by atoms with Crippen molar-refractivity contribution in [3.63, 3.8) is 0 Å². The number of halogens is 2. The number of ether oxygens (including phenoxy) is 1. The molecule has 1 aromatic rings. The molecule has 3 rings (SSSR count). The van der Waals surface area contributed by atoms with Crippen LogP contribution in [0.3, 0.4) is 0 Å². The molecule has 2 heterocycles. The van der Waals surface area contributed by atoms with E-state index in [1.807, 2.05) is 0 Å². The van der Waals surface area contributed by atoms with Gasteiger partial charge in [0.1, 0.15) is 0 Å². The van der Waals surface area contributed by atoms with Crippen molar-refractivity contribution >= 4 is 24.8 Å². The van der Waals surface area contributed by atoms with Crippen LogP contribution in [-0.2, 0) is 11.2 Å². The first kappa shape index (κ1) is 20.7. The molecule has 2 saturated heterocycles. The molecular weight excluding hydrogens is 331 g/mol. The number of methoxy groups -OCH3 is 1. The minimum Gasteiger partial charge on any atom is -0.383 e. The maximum absolute atomic E-state index is 5.21. The summed E-state index contributed by atoms with van der Waals surface area (Å²) in [5.74, 6) is 1.81. The third-order valence-electron chi connectivity index (χ3n) is 5.13. The van der Waals surface area contributed by atoms with Crippen molar-refractivity contribution < 1.29 is 4.74 Å². The molecule has 3 nitrogen and oxygen atoms in total. The van der Waals surface area contributed by atoms with Crippen molar-refractivity contribution in [2.45, 2.75) is 12.8 Å². The highest BCUT2D eigenvalue weighted by Crippen LogP contribution is 2.31. The SMILES string of the molecule is COCCN1CC[C@@H]2CN(CCc3ccccc3)C[C@@H]2C1.Cl.Cl. The second-order valence-electron chi connectivity index (χ2n) is 6.60. The summed E-state index contributed by atoms with van der Waals surface area (Å²) in [5, 5.41) is 0. The van der Waals surface area contributed by atoms with Crippen LogP contribution in [0.15, 0.2) is 30.3 Å². The Morgan fingerprint density at radius 3 is 2.39 bits per heavy atom. The largest absolute Gasteiger partial charge is 0.383 e. The Morgan fingerprint density at radius 2 is 1.65 bits per heavy atom. The molecule has 0 aromatic heterocycles. The van der Waals surface area contributed by atoms with E-state index in [9.17, 15) is 0 Å². The molecule has 2 atom stereocenters. The molecule has 0 N–H and O–H groups in total. The topological polar surface area (TPSA) is 15.7 Å². The van der Waals surface area contributed by atoms with Crippen LogP contribution in [0.5, 0.6) is 0 Å². The Balaban J connectivity index is 0.00000132. The van der Waals surface area contributed by atoms with Gasteiger partial charge < -0.3 is 14.5 Å². The Labute approximate surface area is 153 Å². The molecule has 5 heteroatoms. The fourth-order valence-corrected chi connectivity index (χ4v) is 3.88.